The summed E-state index contributed by atoms with van der Waals surface area (Å²) in [6.45, 7) is 1.99. The Morgan fingerprint density at radius 1 is 1.04 bits per heavy atom. The number of aromatic nitrogens is 2. The van der Waals surface area contributed by atoms with E-state index in [0.717, 1.165) is 16.8 Å². The van der Waals surface area contributed by atoms with Gasteiger partial charge in [0.25, 0.3) is 5.69 Å². The lowest BCUT2D eigenvalue weighted by Crippen LogP contribution is -2.14. The Bertz CT molecular complexity index is 942. The Kier molecular flexibility index (Phi) is 5.77. The molecule has 0 atom stereocenters. The number of carbonyl (C=O) groups excluding carboxylic acids is 1. The molecular weight excluding hydrogens is 364 g/mol. The van der Waals surface area contributed by atoms with E-state index in [1.807, 2.05) is 31.2 Å². The molecule has 0 saturated carbocycles. The van der Waals surface area contributed by atoms with Crippen molar-refractivity contribution in [2.75, 3.05) is 11.1 Å². The highest BCUT2D eigenvalue weighted by Gasteiger charge is 2.08. The summed E-state index contributed by atoms with van der Waals surface area (Å²) in [5.74, 6) is 0.101. The fourth-order valence-corrected chi connectivity index (χ4v) is 2.89. The van der Waals surface area contributed by atoms with Gasteiger partial charge in [-0.1, -0.05) is 29.5 Å². The van der Waals surface area contributed by atoms with Crippen molar-refractivity contribution in [3.63, 3.8) is 0 Å². The zero-order valence-electron chi connectivity index (χ0n) is 14.5. The molecule has 8 heteroatoms. The number of nitrogens with one attached hydrogen (secondary N) is 1. The summed E-state index contributed by atoms with van der Waals surface area (Å²) >= 11 is 1.29. The number of benzene rings is 2. The number of anilines is 1. The van der Waals surface area contributed by atoms with Gasteiger partial charge in [0.2, 0.25) is 5.91 Å². The summed E-state index contributed by atoms with van der Waals surface area (Å²) in [5.41, 5.74) is 3.26. The molecule has 0 unspecified atom stereocenters. The fraction of sp³-hybridized carbons (Fsp3) is 0.105. The van der Waals surface area contributed by atoms with Crippen LogP contribution in [0.1, 0.15) is 5.56 Å². The predicted octanol–water partition coefficient (Wildman–Crippen LogP) is 4.09. The average Bonchev–Trinajstić information content (AvgIpc) is 2.69. The van der Waals surface area contributed by atoms with E-state index >= 15 is 0 Å². The van der Waals surface area contributed by atoms with Crippen LogP contribution in [0, 0.1) is 17.0 Å². The average molecular weight is 380 g/mol. The highest BCUT2D eigenvalue weighted by atomic mass is 32.2. The maximum Gasteiger partial charge on any atom is 0.269 e. The molecule has 3 rings (SSSR count). The van der Waals surface area contributed by atoms with Crippen LogP contribution in [0.5, 0.6) is 0 Å². The van der Waals surface area contributed by atoms with Crippen LogP contribution in [-0.4, -0.2) is 26.8 Å². The van der Waals surface area contributed by atoms with Gasteiger partial charge in [-0.25, -0.2) is 0 Å². The summed E-state index contributed by atoms with van der Waals surface area (Å²) < 4.78 is 0. The van der Waals surface area contributed by atoms with Crippen molar-refractivity contribution in [1.29, 1.82) is 0 Å². The van der Waals surface area contributed by atoms with Gasteiger partial charge in [0.05, 0.1) is 16.4 Å². The third-order valence-corrected chi connectivity index (χ3v) is 4.62. The third kappa shape index (κ3) is 5.11. The van der Waals surface area contributed by atoms with E-state index in [2.05, 4.69) is 15.5 Å². The van der Waals surface area contributed by atoms with Crippen LogP contribution in [-0.2, 0) is 4.79 Å². The standard InChI is InChI=1S/C19H16N4O3S/c1-13-2-6-15(7-3-13)20-18(24)12-27-19-11-10-17(21-22-19)14-4-8-16(9-5-14)23(25)26/h2-11H,12H2,1H3,(H,20,24). The minimum absolute atomic E-state index is 0.0264. The number of amides is 1. The topological polar surface area (TPSA) is 98.0 Å². The second-order valence-electron chi connectivity index (χ2n) is 5.76. The molecule has 1 aromatic heterocycles. The van der Waals surface area contributed by atoms with Gasteiger partial charge >= 0.3 is 0 Å². The van der Waals surface area contributed by atoms with Crippen LogP contribution in [0.25, 0.3) is 11.3 Å². The maximum atomic E-state index is 12.0. The molecule has 0 aliphatic heterocycles. The van der Waals surface area contributed by atoms with Gasteiger partial charge in [0.1, 0.15) is 5.03 Å². The Morgan fingerprint density at radius 3 is 2.33 bits per heavy atom. The quantitative estimate of drug-likeness (QED) is 0.393. The van der Waals surface area contributed by atoms with Crippen molar-refractivity contribution in [2.45, 2.75) is 11.9 Å². The van der Waals surface area contributed by atoms with Gasteiger partial charge in [-0.2, -0.15) is 0 Å². The predicted molar refractivity (Wildman–Crippen MR) is 105 cm³/mol. The maximum absolute atomic E-state index is 12.0. The molecule has 1 N–H and O–H groups in total. The second-order valence-corrected chi connectivity index (χ2v) is 6.76. The molecule has 3 aromatic rings. The first-order chi connectivity index (χ1) is 13.0. The smallest absolute Gasteiger partial charge is 0.269 e. The van der Waals surface area contributed by atoms with Crippen molar-refractivity contribution < 1.29 is 9.72 Å². The Balaban J connectivity index is 1.56. The number of thioether (sulfide) groups is 1. The number of nitro groups is 1. The van der Waals surface area contributed by atoms with Gasteiger partial charge in [-0.05, 0) is 43.3 Å². The molecule has 0 bridgehead atoms. The van der Waals surface area contributed by atoms with Crippen LogP contribution >= 0.6 is 11.8 Å². The normalized spacial score (nSPS) is 10.4. The second kappa shape index (κ2) is 8.41. The number of aryl methyl sites for hydroxylation is 1. The van der Waals surface area contributed by atoms with E-state index in [0.29, 0.717) is 10.7 Å². The van der Waals surface area contributed by atoms with Gasteiger partial charge in [-0.3, -0.25) is 14.9 Å². The van der Waals surface area contributed by atoms with Gasteiger partial charge in [-0.15, -0.1) is 10.2 Å². The third-order valence-electron chi connectivity index (χ3n) is 3.70. The largest absolute Gasteiger partial charge is 0.325 e. The molecule has 0 radical (unpaired) electrons. The first-order valence-corrected chi connectivity index (χ1v) is 9.08. The lowest BCUT2D eigenvalue weighted by Gasteiger charge is -2.05. The Labute approximate surface area is 160 Å². The molecule has 7 nitrogen and oxygen atoms in total. The zero-order valence-corrected chi connectivity index (χ0v) is 15.3. The van der Waals surface area contributed by atoms with E-state index in [-0.39, 0.29) is 17.3 Å². The van der Waals surface area contributed by atoms with E-state index in [1.165, 1.54) is 23.9 Å². The summed E-state index contributed by atoms with van der Waals surface area (Å²) in [6, 6.07) is 17.2. The summed E-state index contributed by atoms with van der Waals surface area (Å²) in [7, 11) is 0. The summed E-state index contributed by atoms with van der Waals surface area (Å²) in [6.07, 6.45) is 0. The number of rotatable bonds is 6. The molecule has 0 aliphatic rings. The first kappa shape index (κ1) is 18.5. The highest BCUT2D eigenvalue weighted by Crippen LogP contribution is 2.22. The van der Waals surface area contributed by atoms with Crippen LogP contribution in [0.2, 0.25) is 0 Å². The molecule has 2 aromatic carbocycles. The first-order valence-electron chi connectivity index (χ1n) is 8.09. The van der Waals surface area contributed by atoms with E-state index in [9.17, 15) is 14.9 Å². The lowest BCUT2D eigenvalue weighted by atomic mass is 10.1. The van der Waals surface area contributed by atoms with Crippen LogP contribution < -0.4 is 5.32 Å². The van der Waals surface area contributed by atoms with Crippen molar-refractivity contribution in [3.8, 4) is 11.3 Å². The van der Waals surface area contributed by atoms with Gasteiger partial charge < -0.3 is 5.32 Å². The molecule has 1 heterocycles. The van der Waals surface area contributed by atoms with E-state index in [4.69, 9.17) is 0 Å². The number of non-ortho nitro benzene ring substituents is 1. The highest BCUT2D eigenvalue weighted by molar-refractivity contribution is 7.99. The summed E-state index contributed by atoms with van der Waals surface area (Å²) in [4.78, 5) is 22.3. The van der Waals surface area contributed by atoms with Crippen molar-refractivity contribution in [3.05, 3.63) is 76.3 Å². The molecule has 136 valence electrons. The van der Waals surface area contributed by atoms with Crippen LogP contribution in [0.4, 0.5) is 11.4 Å². The van der Waals surface area contributed by atoms with E-state index in [1.54, 1.807) is 24.3 Å². The minimum atomic E-state index is -0.448. The van der Waals surface area contributed by atoms with E-state index < -0.39 is 4.92 Å². The molecule has 0 saturated heterocycles. The SMILES string of the molecule is Cc1ccc(NC(=O)CSc2ccc(-c3ccc([N+](=O)[O-])cc3)nn2)cc1. The number of nitrogens with zero attached hydrogens (tertiary/aromatic N) is 3. The van der Waals surface area contributed by atoms with Crippen LogP contribution in [0.3, 0.4) is 0 Å². The molecule has 0 fully saturated rings. The summed E-state index contributed by atoms with van der Waals surface area (Å²) in [5, 5.41) is 22.4. The number of hydrogen-bond acceptors (Lipinski definition) is 6. The van der Waals surface area contributed by atoms with Crippen molar-refractivity contribution in [2.24, 2.45) is 0 Å². The zero-order chi connectivity index (χ0) is 19.2. The molecule has 27 heavy (non-hydrogen) atoms. The monoisotopic (exact) mass is 380 g/mol. The fourth-order valence-electron chi connectivity index (χ4n) is 2.28. The Morgan fingerprint density at radius 2 is 1.74 bits per heavy atom. The number of carbonyl (C=O) groups is 1. The Hall–Kier alpha value is -3.26. The number of nitro benzene ring substituents is 1. The van der Waals surface area contributed by atoms with Gasteiger partial charge in [0, 0.05) is 23.4 Å². The van der Waals surface area contributed by atoms with Crippen LogP contribution in [0.15, 0.2) is 65.7 Å². The lowest BCUT2D eigenvalue weighted by molar-refractivity contribution is -0.384. The van der Waals surface area contributed by atoms with Gasteiger partial charge in [0.15, 0.2) is 0 Å². The minimum Gasteiger partial charge on any atom is -0.325 e. The number of hydrogen-bond donors (Lipinski definition) is 1. The molecule has 0 aliphatic carbocycles. The molecule has 0 spiro atoms. The molecular formula is C19H16N4O3S. The molecule has 1 amide bonds. The van der Waals surface area contributed by atoms with Crippen molar-refractivity contribution >= 4 is 29.0 Å². The van der Waals surface area contributed by atoms with Crippen molar-refractivity contribution in [1.82, 2.24) is 10.2 Å².